The first kappa shape index (κ1) is 18.4. The normalized spacial score (nSPS) is 12.3. The van der Waals surface area contributed by atoms with Gasteiger partial charge in [-0.25, -0.2) is 0 Å². The third-order valence-corrected chi connectivity index (χ3v) is 4.29. The quantitative estimate of drug-likeness (QED) is 0.698. The zero-order valence-electron chi connectivity index (χ0n) is 14.4. The van der Waals surface area contributed by atoms with Gasteiger partial charge in [-0.1, -0.05) is 38.5 Å². The Bertz CT molecular complexity index is 631. The summed E-state index contributed by atoms with van der Waals surface area (Å²) in [7, 11) is 0. The van der Waals surface area contributed by atoms with Gasteiger partial charge in [-0.15, -0.1) is 10.2 Å². The summed E-state index contributed by atoms with van der Waals surface area (Å²) in [5, 5.41) is 11.3. The molecule has 0 radical (unpaired) electrons. The molecule has 0 aliphatic carbocycles. The summed E-state index contributed by atoms with van der Waals surface area (Å²) in [4.78, 5) is 16.0. The highest BCUT2D eigenvalue weighted by atomic mass is 32.2. The number of hydrogen-bond donors (Lipinski definition) is 1. The topological polar surface area (TPSA) is 80.9 Å². The van der Waals surface area contributed by atoms with Gasteiger partial charge in [0, 0.05) is 18.4 Å². The third kappa shape index (κ3) is 6.31. The number of carbonyl (C=O) groups is 1. The molecule has 0 saturated heterocycles. The molecule has 130 valence electrons. The molecule has 1 N–H and O–H groups in total. The lowest BCUT2D eigenvalue weighted by Crippen LogP contribution is -2.33. The van der Waals surface area contributed by atoms with Crippen LogP contribution in [-0.2, 0) is 4.79 Å². The van der Waals surface area contributed by atoms with Crippen molar-refractivity contribution in [2.45, 2.75) is 51.3 Å². The summed E-state index contributed by atoms with van der Waals surface area (Å²) in [6.45, 7) is 6.46. The van der Waals surface area contributed by atoms with Crippen LogP contribution in [-0.4, -0.2) is 32.9 Å². The fourth-order valence-electron chi connectivity index (χ4n) is 2.22. The second-order valence-corrected chi connectivity index (χ2v) is 7.12. The lowest BCUT2D eigenvalue weighted by atomic mass is 10.0. The summed E-state index contributed by atoms with van der Waals surface area (Å²) < 4.78 is 5.54. The Morgan fingerprint density at radius 2 is 2.12 bits per heavy atom. The van der Waals surface area contributed by atoms with Crippen molar-refractivity contribution in [1.29, 1.82) is 0 Å². The minimum Gasteiger partial charge on any atom is -0.411 e. The molecule has 0 bridgehead atoms. The van der Waals surface area contributed by atoms with E-state index in [1.807, 2.05) is 13.0 Å². The van der Waals surface area contributed by atoms with Gasteiger partial charge < -0.3 is 9.73 Å². The minimum absolute atomic E-state index is 0.0156. The standard InChI is InChI=1S/C17H24N4O2S/c1-12(2)6-4-7-13(3)19-15(22)11-24-17-21-20-16(23-17)14-8-5-9-18-10-14/h5,8-10,12-13H,4,6-7,11H2,1-3H3,(H,19,22)/t13-/m1/s1. The molecule has 1 atom stereocenters. The van der Waals surface area contributed by atoms with Crippen LogP contribution in [0.3, 0.4) is 0 Å². The highest BCUT2D eigenvalue weighted by Crippen LogP contribution is 2.22. The average Bonchev–Trinajstić information content (AvgIpc) is 3.02. The molecule has 0 unspecified atom stereocenters. The number of rotatable bonds is 9. The van der Waals surface area contributed by atoms with Crippen molar-refractivity contribution in [1.82, 2.24) is 20.5 Å². The van der Waals surface area contributed by atoms with Crippen molar-refractivity contribution >= 4 is 17.7 Å². The first-order chi connectivity index (χ1) is 11.5. The van der Waals surface area contributed by atoms with Gasteiger partial charge in [0.15, 0.2) is 0 Å². The van der Waals surface area contributed by atoms with E-state index in [4.69, 9.17) is 4.42 Å². The first-order valence-electron chi connectivity index (χ1n) is 8.20. The Morgan fingerprint density at radius 3 is 2.83 bits per heavy atom. The van der Waals surface area contributed by atoms with E-state index in [-0.39, 0.29) is 17.7 Å². The molecule has 0 aliphatic heterocycles. The van der Waals surface area contributed by atoms with Crippen LogP contribution in [0.4, 0.5) is 0 Å². The highest BCUT2D eigenvalue weighted by molar-refractivity contribution is 7.99. The summed E-state index contributed by atoms with van der Waals surface area (Å²) in [6, 6.07) is 3.84. The largest absolute Gasteiger partial charge is 0.411 e. The number of aromatic nitrogens is 3. The summed E-state index contributed by atoms with van der Waals surface area (Å²) in [5.41, 5.74) is 0.764. The molecule has 2 heterocycles. The third-order valence-electron chi connectivity index (χ3n) is 3.47. The molecular formula is C17H24N4O2S. The highest BCUT2D eigenvalue weighted by Gasteiger charge is 2.12. The van der Waals surface area contributed by atoms with Crippen molar-refractivity contribution in [3.05, 3.63) is 24.5 Å². The summed E-state index contributed by atoms with van der Waals surface area (Å²) >= 11 is 1.24. The van der Waals surface area contributed by atoms with Crippen molar-refractivity contribution in [3.63, 3.8) is 0 Å². The molecule has 2 aromatic heterocycles. The van der Waals surface area contributed by atoms with Gasteiger partial charge in [-0.2, -0.15) is 0 Å². The second kappa shape index (κ2) is 9.42. The molecule has 0 spiro atoms. The molecule has 0 aliphatic rings. The van der Waals surface area contributed by atoms with Gasteiger partial charge in [-0.05, 0) is 31.4 Å². The predicted octanol–water partition coefficient (Wildman–Crippen LogP) is 3.55. The second-order valence-electron chi connectivity index (χ2n) is 6.20. The number of nitrogens with one attached hydrogen (secondary N) is 1. The fourth-order valence-corrected chi connectivity index (χ4v) is 2.80. The maximum absolute atomic E-state index is 12.0. The Kier molecular flexibility index (Phi) is 7.24. The van der Waals surface area contributed by atoms with Gasteiger partial charge in [0.2, 0.25) is 11.8 Å². The van der Waals surface area contributed by atoms with E-state index in [1.54, 1.807) is 18.5 Å². The van der Waals surface area contributed by atoms with Crippen molar-refractivity contribution in [3.8, 4) is 11.5 Å². The lowest BCUT2D eigenvalue weighted by Gasteiger charge is -2.14. The first-order valence-corrected chi connectivity index (χ1v) is 9.19. The van der Waals surface area contributed by atoms with Gasteiger partial charge in [0.1, 0.15) is 0 Å². The Morgan fingerprint density at radius 1 is 1.29 bits per heavy atom. The molecular weight excluding hydrogens is 324 g/mol. The van der Waals surface area contributed by atoms with Gasteiger partial charge >= 0.3 is 0 Å². The minimum atomic E-state index is -0.0156. The van der Waals surface area contributed by atoms with E-state index in [1.165, 1.54) is 18.2 Å². The Labute approximate surface area is 146 Å². The lowest BCUT2D eigenvalue weighted by molar-refractivity contribution is -0.119. The number of carbonyl (C=O) groups excluding carboxylic acids is 1. The van der Waals surface area contributed by atoms with Crippen LogP contribution in [0, 0.1) is 5.92 Å². The van der Waals surface area contributed by atoms with Gasteiger partial charge in [0.05, 0.1) is 11.3 Å². The zero-order chi connectivity index (χ0) is 17.4. The zero-order valence-corrected chi connectivity index (χ0v) is 15.2. The van der Waals surface area contributed by atoms with E-state index in [9.17, 15) is 4.79 Å². The van der Waals surface area contributed by atoms with Crippen LogP contribution in [0.5, 0.6) is 0 Å². The summed E-state index contributed by atoms with van der Waals surface area (Å²) in [6.07, 6.45) is 6.66. The molecule has 6 nitrogen and oxygen atoms in total. The van der Waals surface area contributed by atoms with Crippen LogP contribution in [0.2, 0.25) is 0 Å². The molecule has 2 rings (SSSR count). The number of hydrogen-bond acceptors (Lipinski definition) is 6. The number of pyridine rings is 1. The van der Waals surface area contributed by atoms with Crippen LogP contribution in [0.1, 0.15) is 40.0 Å². The molecule has 1 amide bonds. The van der Waals surface area contributed by atoms with Crippen LogP contribution < -0.4 is 5.32 Å². The van der Waals surface area contributed by atoms with E-state index in [2.05, 4.69) is 34.3 Å². The molecule has 0 saturated carbocycles. The van der Waals surface area contributed by atoms with Gasteiger partial charge in [0.25, 0.3) is 5.22 Å². The van der Waals surface area contributed by atoms with Crippen LogP contribution >= 0.6 is 11.8 Å². The Hall–Kier alpha value is -1.89. The van der Waals surface area contributed by atoms with Crippen molar-refractivity contribution < 1.29 is 9.21 Å². The predicted molar refractivity (Wildman–Crippen MR) is 94.5 cm³/mol. The monoisotopic (exact) mass is 348 g/mol. The van der Waals surface area contributed by atoms with Gasteiger partial charge in [-0.3, -0.25) is 9.78 Å². The molecule has 24 heavy (non-hydrogen) atoms. The van der Waals surface area contributed by atoms with E-state index in [0.29, 0.717) is 17.0 Å². The number of nitrogens with zero attached hydrogens (tertiary/aromatic N) is 3. The van der Waals surface area contributed by atoms with E-state index >= 15 is 0 Å². The average molecular weight is 348 g/mol. The van der Waals surface area contributed by atoms with Crippen molar-refractivity contribution in [2.75, 3.05) is 5.75 Å². The molecule has 0 aromatic carbocycles. The SMILES string of the molecule is CC(C)CCC[C@@H](C)NC(=O)CSc1nnc(-c2cccnc2)o1. The van der Waals surface area contributed by atoms with Crippen molar-refractivity contribution in [2.24, 2.45) is 5.92 Å². The maximum Gasteiger partial charge on any atom is 0.277 e. The fraction of sp³-hybridized carbons (Fsp3) is 0.529. The molecule has 2 aromatic rings. The molecule has 7 heteroatoms. The van der Waals surface area contributed by atoms with E-state index < -0.39 is 0 Å². The van der Waals surface area contributed by atoms with E-state index in [0.717, 1.165) is 18.4 Å². The summed E-state index contributed by atoms with van der Waals surface area (Å²) in [5.74, 6) is 1.37. The maximum atomic E-state index is 12.0. The Balaban J connectivity index is 1.73. The van der Waals surface area contributed by atoms with Crippen LogP contribution in [0.15, 0.2) is 34.2 Å². The van der Waals surface area contributed by atoms with Crippen LogP contribution in [0.25, 0.3) is 11.5 Å². The number of thioether (sulfide) groups is 1. The number of amides is 1. The molecule has 0 fully saturated rings. The smallest absolute Gasteiger partial charge is 0.277 e.